The second-order valence-corrected chi connectivity index (χ2v) is 1.12. The number of amides is 1. The van der Waals surface area contributed by atoms with E-state index >= 15 is 0 Å². The number of carboxylic acids is 1. The molecule has 0 rings (SSSR count). The van der Waals surface area contributed by atoms with E-state index in [1.165, 1.54) is 0 Å². The van der Waals surface area contributed by atoms with Crippen LogP contribution in [0.4, 0.5) is 0 Å². The van der Waals surface area contributed by atoms with Gasteiger partial charge in [-0.25, -0.2) is 5.84 Å². The number of aliphatic carboxylic acids is 1. The fourth-order valence-electron chi connectivity index (χ4n) is 0.182. The van der Waals surface area contributed by atoms with Crippen molar-refractivity contribution in [1.29, 1.82) is 0 Å². The molecule has 3 N–H and O–H groups in total. The Morgan fingerprint density at radius 3 is 2.11 bits per heavy atom. The van der Waals surface area contributed by atoms with Gasteiger partial charge >= 0.3 is 51.4 Å². The normalized spacial score (nSPS) is 7.22. The van der Waals surface area contributed by atoms with Gasteiger partial charge in [-0.1, -0.05) is 0 Å². The van der Waals surface area contributed by atoms with Crippen LogP contribution in [0.25, 0.3) is 0 Å². The summed E-state index contributed by atoms with van der Waals surface area (Å²) in [6.07, 6.45) is -0.684. The van der Waals surface area contributed by atoms with E-state index < -0.39 is 18.3 Å². The minimum absolute atomic E-state index is 0. The van der Waals surface area contributed by atoms with Crippen LogP contribution in [0.2, 0.25) is 0 Å². The van der Waals surface area contributed by atoms with Crippen LogP contribution in [-0.4, -0.2) is 11.9 Å². The number of carbonyl (C=O) groups excluding carboxylic acids is 2. The summed E-state index contributed by atoms with van der Waals surface area (Å²) >= 11 is 0. The number of hydrazine groups is 1. The summed E-state index contributed by atoms with van der Waals surface area (Å²) in [6.45, 7) is 0. The van der Waals surface area contributed by atoms with Gasteiger partial charge in [0.25, 0.3) is 0 Å². The maximum atomic E-state index is 9.97. The molecule has 0 fully saturated rings. The van der Waals surface area contributed by atoms with E-state index in [1.807, 2.05) is 0 Å². The smallest absolute Gasteiger partial charge is 0.550 e. The zero-order valence-corrected chi connectivity index (χ0v) is 8.13. The number of hydrogen-bond acceptors (Lipinski definition) is 4. The molecule has 0 aromatic rings. The first-order valence-corrected chi connectivity index (χ1v) is 1.86. The van der Waals surface area contributed by atoms with Gasteiger partial charge in [0.15, 0.2) is 0 Å². The molecule has 46 valence electrons. The van der Waals surface area contributed by atoms with Crippen LogP contribution < -0.4 is 67.8 Å². The summed E-state index contributed by atoms with van der Waals surface area (Å²) in [7, 11) is 0. The maximum Gasteiger partial charge on any atom is 1.00 e. The Bertz CT molecular complexity index is 116. The predicted molar refractivity (Wildman–Crippen MR) is 22.0 cm³/mol. The molecule has 9 heavy (non-hydrogen) atoms. The summed E-state index contributed by atoms with van der Waals surface area (Å²) in [4.78, 5) is 19.5. The first kappa shape index (κ1) is 12.2. The number of carboxylic acid groups (broad SMARTS) is 1. The van der Waals surface area contributed by atoms with E-state index in [9.17, 15) is 14.7 Å². The molecule has 0 saturated heterocycles. The van der Waals surface area contributed by atoms with Crippen molar-refractivity contribution in [2.75, 3.05) is 0 Å². The van der Waals surface area contributed by atoms with Gasteiger partial charge in [0.2, 0.25) is 5.91 Å². The van der Waals surface area contributed by atoms with Crippen LogP contribution in [0.15, 0.2) is 0 Å². The third-order valence-electron chi connectivity index (χ3n) is 0.466. The Balaban J connectivity index is 0. The number of rotatable bonds is 2. The van der Waals surface area contributed by atoms with E-state index in [0.717, 1.165) is 0 Å². The predicted octanol–water partition coefficient (Wildman–Crippen LogP) is -5.88. The molecular weight excluding hydrogens is 151 g/mol. The van der Waals surface area contributed by atoms with Gasteiger partial charge in [0, 0.05) is 0 Å². The van der Waals surface area contributed by atoms with Gasteiger partial charge in [-0.3, -0.25) is 10.2 Å². The Morgan fingerprint density at radius 2 is 2.00 bits per heavy atom. The molecule has 0 atom stereocenters. The van der Waals surface area contributed by atoms with Crippen molar-refractivity contribution in [2.24, 2.45) is 5.84 Å². The molecule has 0 unspecified atom stereocenters. The molecule has 0 aliphatic carbocycles. The zero-order chi connectivity index (χ0) is 6.57. The van der Waals surface area contributed by atoms with E-state index in [1.54, 1.807) is 5.43 Å². The molecule has 0 radical (unpaired) electrons. The minimum Gasteiger partial charge on any atom is -0.550 e. The number of hydrogen-bond donors (Lipinski definition) is 2. The Labute approximate surface area is 94.4 Å². The van der Waals surface area contributed by atoms with E-state index in [4.69, 9.17) is 0 Å². The third kappa shape index (κ3) is 8.54. The van der Waals surface area contributed by atoms with E-state index in [-0.39, 0.29) is 51.4 Å². The second-order valence-electron chi connectivity index (χ2n) is 1.12. The van der Waals surface area contributed by atoms with Crippen LogP contribution in [0.3, 0.4) is 0 Å². The summed E-state index contributed by atoms with van der Waals surface area (Å²) in [5.74, 6) is 2.33. The summed E-state index contributed by atoms with van der Waals surface area (Å²) < 4.78 is 0. The molecule has 0 aliphatic rings. The average molecular weight is 156 g/mol. The van der Waals surface area contributed by atoms with Gasteiger partial charge in [-0.15, -0.1) is 0 Å². The van der Waals surface area contributed by atoms with Crippen molar-refractivity contribution in [3.63, 3.8) is 0 Å². The zero-order valence-electron chi connectivity index (χ0n) is 5.01. The Hall–Kier alpha value is 0.536. The van der Waals surface area contributed by atoms with Gasteiger partial charge in [-0.05, 0) is 0 Å². The van der Waals surface area contributed by atoms with Crippen molar-refractivity contribution in [1.82, 2.24) is 5.43 Å². The molecule has 0 saturated carbocycles. The molecular formula is C3H5KN2O3. The number of nitrogens with one attached hydrogen (secondary N) is 1. The van der Waals surface area contributed by atoms with Crippen LogP contribution in [0.1, 0.15) is 6.42 Å². The molecule has 0 aromatic heterocycles. The van der Waals surface area contributed by atoms with Crippen molar-refractivity contribution in [3.8, 4) is 0 Å². The molecule has 1 amide bonds. The Morgan fingerprint density at radius 1 is 1.56 bits per heavy atom. The van der Waals surface area contributed by atoms with Gasteiger partial charge in [-0.2, -0.15) is 0 Å². The average Bonchev–Trinajstić information content (AvgIpc) is 1.65. The fraction of sp³-hybridized carbons (Fsp3) is 0.333. The largest absolute Gasteiger partial charge is 1.00 e. The van der Waals surface area contributed by atoms with Crippen molar-refractivity contribution in [3.05, 3.63) is 0 Å². The molecule has 0 heterocycles. The van der Waals surface area contributed by atoms with Crippen LogP contribution >= 0.6 is 0 Å². The molecule has 6 heteroatoms. The minimum atomic E-state index is -1.44. The quantitative estimate of drug-likeness (QED) is 0.137. The first-order chi connectivity index (χ1) is 3.66. The standard InChI is InChI=1S/C3H6N2O3.K/c4-5-2(6)1-3(7)8;/h1,4H2,(H,5,6)(H,7,8);/q;+1/p-1. The second kappa shape index (κ2) is 6.65. The summed E-state index contributed by atoms with van der Waals surface area (Å²) in [5.41, 5.74) is 1.64. The molecule has 0 aromatic carbocycles. The van der Waals surface area contributed by atoms with E-state index in [0.29, 0.717) is 0 Å². The molecule has 5 nitrogen and oxygen atoms in total. The van der Waals surface area contributed by atoms with Gasteiger partial charge in [0.1, 0.15) is 0 Å². The van der Waals surface area contributed by atoms with Crippen LogP contribution in [0, 0.1) is 0 Å². The van der Waals surface area contributed by atoms with Crippen LogP contribution in [0.5, 0.6) is 0 Å². The van der Waals surface area contributed by atoms with Crippen molar-refractivity contribution in [2.45, 2.75) is 6.42 Å². The monoisotopic (exact) mass is 156 g/mol. The van der Waals surface area contributed by atoms with Crippen molar-refractivity contribution >= 4 is 11.9 Å². The maximum absolute atomic E-state index is 9.97. The molecule has 0 aliphatic heterocycles. The fourth-order valence-corrected chi connectivity index (χ4v) is 0.182. The molecule has 0 spiro atoms. The summed E-state index contributed by atoms with van der Waals surface area (Å²) in [6, 6.07) is 0. The number of nitrogens with two attached hydrogens (primary N) is 1. The number of carbonyl (C=O) groups is 2. The van der Waals surface area contributed by atoms with E-state index in [2.05, 4.69) is 5.84 Å². The first-order valence-electron chi connectivity index (χ1n) is 1.86. The summed E-state index contributed by atoms with van der Waals surface area (Å²) in [5, 5.41) is 9.54. The third-order valence-corrected chi connectivity index (χ3v) is 0.466. The topological polar surface area (TPSA) is 95.2 Å². The van der Waals surface area contributed by atoms with Crippen molar-refractivity contribution < 1.29 is 66.1 Å². The molecule has 0 bridgehead atoms. The van der Waals surface area contributed by atoms with Crippen LogP contribution in [-0.2, 0) is 9.59 Å². The Kier molecular flexibility index (Phi) is 9.05. The van der Waals surface area contributed by atoms with Gasteiger partial charge in [0.05, 0.1) is 12.4 Å². The SMILES string of the molecule is NNC(=O)CC(=O)[O-].[K+]. The van der Waals surface area contributed by atoms with Gasteiger partial charge < -0.3 is 9.90 Å².